The number of aromatic nitrogens is 1. The highest BCUT2D eigenvalue weighted by atomic mass is 35.5. The van der Waals surface area contributed by atoms with E-state index in [4.69, 9.17) is 21.1 Å². The predicted octanol–water partition coefficient (Wildman–Crippen LogP) is 6.83. The van der Waals surface area contributed by atoms with Crippen molar-refractivity contribution >= 4 is 58.5 Å². The summed E-state index contributed by atoms with van der Waals surface area (Å²) < 4.78 is 11.0. The summed E-state index contributed by atoms with van der Waals surface area (Å²) in [5.41, 5.74) is 3.62. The second-order valence-electron chi connectivity index (χ2n) is 7.27. The topological polar surface area (TPSA) is 60.5 Å². The molecule has 1 unspecified atom stereocenters. The lowest BCUT2D eigenvalue weighted by Crippen LogP contribution is -2.20. The molecule has 9 heteroatoms. The minimum atomic E-state index is -0.458. The molecule has 1 aliphatic heterocycles. The maximum Gasteiger partial charge on any atom is 0.242 e. The number of halogens is 1. The number of carbonyl (C=O) groups is 1. The normalized spacial score (nSPS) is 13.1. The lowest BCUT2D eigenvalue weighted by molar-refractivity contribution is -0.115. The molecule has 2 heterocycles. The summed E-state index contributed by atoms with van der Waals surface area (Å²) in [4.78, 5) is 19.2. The Bertz CT molecular complexity index is 1130. The number of rotatable bonds is 8. The average Bonchev–Trinajstić information content (AvgIpc) is 3.29. The zero-order chi connectivity index (χ0) is 23.4. The van der Waals surface area contributed by atoms with Gasteiger partial charge in [0.1, 0.15) is 10.3 Å². The first kappa shape index (κ1) is 24.1. The fourth-order valence-electron chi connectivity index (χ4n) is 3.39. The van der Waals surface area contributed by atoms with E-state index in [1.165, 1.54) is 11.8 Å². The van der Waals surface area contributed by atoms with Gasteiger partial charge in [-0.15, -0.1) is 35.3 Å². The van der Waals surface area contributed by atoms with Gasteiger partial charge in [0.05, 0.1) is 5.69 Å². The van der Waals surface area contributed by atoms with Crippen molar-refractivity contribution in [3.05, 3.63) is 70.4 Å². The van der Waals surface area contributed by atoms with Crippen molar-refractivity contribution in [2.75, 3.05) is 24.6 Å². The van der Waals surface area contributed by atoms with Crippen LogP contribution in [0.4, 0.5) is 5.69 Å². The quantitative estimate of drug-likeness (QED) is 0.328. The summed E-state index contributed by atoms with van der Waals surface area (Å²) in [6, 6.07) is 15.3. The zero-order valence-electron chi connectivity index (χ0n) is 18.4. The molecule has 0 saturated carbocycles. The van der Waals surface area contributed by atoms with E-state index in [9.17, 15) is 4.79 Å². The number of amides is 1. The first-order valence-corrected chi connectivity index (χ1v) is 14.0. The summed E-state index contributed by atoms with van der Waals surface area (Å²) in [5.74, 6) is 1.89. The molecule has 33 heavy (non-hydrogen) atoms. The molecule has 0 fully saturated rings. The summed E-state index contributed by atoms with van der Waals surface area (Å²) in [5, 5.41) is 4.20. The third-order valence-corrected chi connectivity index (χ3v) is 8.02. The summed E-state index contributed by atoms with van der Waals surface area (Å²) in [6.45, 7) is 2.15. The first-order chi connectivity index (χ1) is 16.0. The molecule has 3 aromatic rings. The number of carbonyl (C=O) groups excluding carboxylic acids is 1. The number of benzene rings is 2. The highest BCUT2D eigenvalue weighted by Crippen LogP contribution is 2.41. The van der Waals surface area contributed by atoms with Crippen LogP contribution in [0.3, 0.4) is 0 Å². The van der Waals surface area contributed by atoms with Gasteiger partial charge in [0, 0.05) is 21.4 Å². The number of pyridine rings is 1. The summed E-state index contributed by atoms with van der Waals surface area (Å²) >= 11 is 10.7. The molecule has 0 aliphatic carbocycles. The van der Waals surface area contributed by atoms with Crippen LogP contribution in [0.25, 0.3) is 0 Å². The van der Waals surface area contributed by atoms with Crippen molar-refractivity contribution in [1.82, 2.24) is 4.98 Å². The number of ether oxygens (including phenoxy) is 2. The smallest absolute Gasteiger partial charge is 0.242 e. The second kappa shape index (κ2) is 11.0. The molecule has 0 saturated heterocycles. The molecular weight excluding hydrogens is 496 g/mol. The maximum atomic E-state index is 13.6. The molecule has 2 aromatic carbocycles. The maximum absolute atomic E-state index is 13.6. The van der Waals surface area contributed by atoms with Gasteiger partial charge in [-0.2, -0.15) is 0 Å². The molecule has 0 spiro atoms. The van der Waals surface area contributed by atoms with Crippen molar-refractivity contribution in [2.45, 2.75) is 27.8 Å². The number of hydrogen-bond donors (Lipinski definition) is 1. The predicted molar refractivity (Wildman–Crippen MR) is 139 cm³/mol. The number of anilines is 1. The van der Waals surface area contributed by atoms with Crippen LogP contribution in [-0.2, 0) is 10.5 Å². The van der Waals surface area contributed by atoms with E-state index in [1.807, 2.05) is 68.0 Å². The van der Waals surface area contributed by atoms with E-state index in [0.29, 0.717) is 22.3 Å². The van der Waals surface area contributed by atoms with E-state index >= 15 is 0 Å². The van der Waals surface area contributed by atoms with Gasteiger partial charge < -0.3 is 14.8 Å². The Morgan fingerprint density at radius 1 is 1.09 bits per heavy atom. The van der Waals surface area contributed by atoms with Crippen LogP contribution in [0.1, 0.15) is 22.1 Å². The molecule has 1 N–H and O–H groups in total. The fraction of sp³-hybridized carbons (Fsp3) is 0.250. The Morgan fingerprint density at radius 2 is 1.85 bits per heavy atom. The van der Waals surface area contributed by atoms with Gasteiger partial charge in [-0.1, -0.05) is 29.8 Å². The number of nitrogens with zero attached hydrogens (tertiary/aromatic N) is 1. The molecule has 0 bridgehead atoms. The molecule has 4 rings (SSSR count). The van der Waals surface area contributed by atoms with Crippen LogP contribution in [0.15, 0.2) is 58.5 Å². The van der Waals surface area contributed by atoms with Crippen LogP contribution >= 0.6 is 46.9 Å². The Morgan fingerprint density at radius 3 is 2.58 bits per heavy atom. The molecule has 0 radical (unpaired) electrons. The SMILES string of the molecule is CSc1cc(C)nc(SC)c1NC(=O)C(SCc1ccc(Cl)cc1)c1ccc2c(c1)OCO2. The third kappa shape index (κ3) is 5.74. The molecule has 5 nitrogen and oxygen atoms in total. The Balaban J connectivity index is 1.64. The Hall–Kier alpha value is -2.00. The van der Waals surface area contributed by atoms with E-state index in [1.54, 1.807) is 23.5 Å². The molecule has 1 aliphatic rings. The lowest BCUT2D eigenvalue weighted by Gasteiger charge is -2.20. The van der Waals surface area contributed by atoms with E-state index in [-0.39, 0.29) is 12.7 Å². The van der Waals surface area contributed by atoms with Crippen LogP contribution < -0.4 is 14.8 Å². The van der Waals surface area contributed by atoms with Crippen LogP contribution in [0.2, 0.25) is 5.02 Å². The van der Waals surface area contributed by atoms with Gasteiger partial charge in [0.15, 0.2) is 11.5 Å². The summed E-state index contributed by atoms with van der Waals surface area (Å²) in [7, 11) is 0. The number of hydrogen-bond acceptors (Lipinski definition) is 7. The number of thioether (sulfide) groups is 3. The highest BCUT2D eigenvalue weighted by molar-refractivity contribution is 8.00. The van der Waals surface area contributed by atoms with Gasteiger partial charge in [-0.3, -0.25) is 4.79 Å². The fourth-order valence-corrected chi connectivity index (χ4v) is 5.92. The molecule has 1 amide bonds. The van der Waals surface area contributed by atoms with Gasteiger partial charge in [0.25, 0.3) is 0 Å². The summed E-state index contributed by atoms with van der Waals surface area (Å²) in [6.07, 6.45) is 3.96. The lowest BCUT2D eigenvalue weighted by atomic mass is 10.1. The minimum Gasteiger partial charge on any atom is -0.454 e. The van der Waals surface area contributed by atoms with Crippen molar-refractivity contribution in [2.24, 2.45) is 0 Å². The average molecular weight is 519 g/mol. The van der Waals surface area contributed by atoms with E-state index in [0.717, 1.165) is 32.4 Å². The standard InChI is InChI=1S/C24H23ClN2O3S3/c1-14-10-20(31-2)21(24(26-14)32-3)27-23(28)22(33-12-15-4-7-17(25)8-5-15)16-6-9-18-19(11-16)30-13-29-18/h4-11,22H,12-13H2,1-3H3,(H,27,28). The Labute approximate surface area is 211 Å². The minimum absolute atomic E-state index is 0.107. The van der Waals surface area contributed by atoms with Crippen LogP contribution in [0, 0.1) is 6.92 Å². The van der Waals surface area contributed by atoms with Crippen LogP contribution in [0.5, 0.6) is 11.5 Å². The van der Waals surface area contributed by atoms with Crippen molar-refractivity contribution < 1.29 is 14.3 Å². The number of fused-ring (bicyclic) bond motifs is 1. The largest absolute Gasteiger partial charge is 0.454 e. The molecule has 1 atom stereocenters. The van der Waals surface area contributed by atoms with Crippen molar-refractivity contribution in [1.29, 1.82) is 0 Å². The first-order valence-electron chi connectivity index (χ1n) is 10.1. The Kier molecular flexibility index (Phi) is 8.01. The second-order valence-corrected chi connectivity index (χ2v) is 10.4. The molecule has 1 aromatic heterocycles. The number of aryl methyl sites for hydroxylation is 1. The number of nitrogens with one attached hydrogen (secondary N) is 1. The molecule has 172 valence electrons. The highest BCUT2D eigenvalue weighted by Gasteiger charge is 2.26. The van der Waals surface area contributed by atoms with Crippen molar-refractivity contribution in [3.8, 4) is 11.5 Å². The van der Waals surface area contributed by atoms with Gasteiger partial charge in [0.2, 0.25) is 12.7 Å². The van der Waals surface area contributed by atoms with Gasteiger partial charge >= 0.3 is 0 Å². The van der Waals surface area contributed by atoms with Gasteiger partial charge in [-0.25, -0.2) is 4.98 Å². The molecular formula is C24H23ClN2O3S3. The van der Waals surface area contributed by atoms with E-state index < -0.39 is 5.25 Å². The zero-order valence-corrected chi connectivity index (χ0v) is 21.6. The van der Waals surface area contributed by atoms with Gasteiger partial charge in [-0.05, 0) is 60.9 Å². The third-order valence-electron chi connectivity index (χ3n) is 5.01. The van der Waals surface area contributed by atoms with E-state index in [2.05, 4.69) is 10.3 Å². The van der Waals surface area contributed by atoms with Crippen molar-refractivity contribution in [3.63, 3.8) is 0 Å². The monoisotopic (exact) mass is 518 g/mol. The van der Waals surface area contributed by atoms with Crippen LogP contribution in [-0.4, -0.2) is 30.2 Å².